The zero-order valence-electron chi connectivity index (χ0n) is 14.7. The predicted octanol–water partition coefficient (Wildman–Crippen LogP) is 2.67. The molecule has 5 nitrogen and oxygen atoms in total. The molecule has 0 unspecified atom stereocenters. The summed E-state index contributed by atoms with van der Waals surface area (Å²) in [6.45, 7) is 8.13. The largest absolute Gasteiger partial charge is 0.375 e. The van der Waals surface area contributed by atoms with E-state index >= 15 is 0 Å². The molecular formula is C19H25N3O2. The van der Waals surface area contributed by atoms with Crippen LogP contribution in [0.2, 0.25) is 0 Å². The van der Waals surface area contributed by atoms with Gasteiger partial charge in [0.15, 0.2) is 0 Å². The zero-order chi connectivity index (χ0) is 17.1. The van der Waals surface area contributed by atoms with Gasteiger partial charge in [0.25, 0.3) is 0 Å². The number of nitrogens with zero attached hydrogens (tertiary/aromatic N) is 3. The summed E-state index contributed by atoms with van der Waals surface area (Å²) in [6.07, 6.45) is 1.39. The minimum Gasteiger partial charge on any atom is -0.375 e. The van der Waals surface area contributed by atoms with Gasteiger partial charge in [0.2, 0.25) is 5.91 Å². The summed E-state index contributed by atoms with van der Waals surface area (Å²) < 4.78 is 7.47. The van der Waals surface area contributed by atoms with Crippen LogP contribution in [0.1, 0.15) is 30.3 Å². The molecule has 5 heteroatoms. The fourth-order valence-electron chi connectivity index (χ4n) is 3.29. The highest BCUT2D eigenvalue weighted by Crippen LogP contribution is 2.20. The molecule has 2 heterocycles. The first-order chi connectivity index (χ1) is 11.6. The van der Waals surface area contributed by atoms with Gasteiger partial charge in [0.1, 0.15) is 0 Å². The van der Waals surface area contributed by atoms with E-state index in [4.69, 9.17) is 4.74 Å². The molecule has 1 aliphatic heterocycles. The number of ether oxygens (including phenoxy) is 1. The first-order valence-electron chi connectivity index (χ1n) is 8.56. The van der Waals surface area contributed by atoms with Crippen LogP contribution < -0.4 is 0 Å². The van der Waals surface area contributed by atoms with E-state index in [-0.39, 0.29) is 12.0 Å². The molecule has 1 amide bonds. The fourth-order valence-corrected chi connectivity index (χ4v) is 3.29. The highest BCUT2D eigenvalue weighted by Gasteiger charge is 2.22. The van der Waals surface area contributed by atoms with Crippen molar-refractivity contribution in [1.82, 2.24) is 14.7 Å². The van der Waals surface area contributed by atoms with Crippen molar-refractivity contribution in [3.8, 4) is 5.69 Å². The monoisotopic (exact) mass is 327 g/mol. The number of benzene rings is 1. The Labute approximate surface area is 143 Å². The quantitative estimate of drug-likeness (QED) is 0.867. The molecule has 1 saturated heterocycles. The van der Waals surface area contributed by atoms with Gasteiger partial charge in [0.05, 0.1) is 24.1 Å². The smallest absolute Gasteiger partial charge is 0.223 e. The molecule has 2 aromatic rings. The number of hydrogen-bond donors (Lipinski definition) is 0. The van der Waals surface area contributed by atoms with Crippen LogP contribution in [0.3, 0.4) is 0 Å². The molecule has 0 bridgehead atoms. The minimum absolute atomic E-state index is 0.131. The van der Waals surface area contributed by atoms with Crippen molar-refractivity contribution in [2.75, 3.05) is 19.7 Å². The molecule has 1 fully saturated rings. The van der Waals surface area contributed by atoms with Crippen molar-refractivity contribution >= 4 is 5.91 Å². The van der Waals surface area contributed by atoms with Gasteiger partial charge in [-0.3, -0.25) is 4.79 Å². The third-order valence-corrected chi connectivity index (χ3v) is 4.62. The van der Waals surface area contributed by atoms with E-state index in [0.717, 1.165) is 23.5 Å². The highest BCUT2D eigenvalue weighted by molar-refractivity contribution is 5.76. The van der Waals surface area contributed by atoms with Gasteiger partial charge < -0.3 is 9.64 Å². The summed E-state index contributed by atoms with van der Waals surface area (Å²) in [5.74, 6) is 0.205. The number of aromatic nitrogens is 2. The maximum Gasteiger partial charge on any atom is 0.223 e. The normalized spacial score (nSPS) is 18.0. The summed E-state index contributed by atoms with van der Waals surface area (Å²) in [5, 5.41) is 4.65. The minimum atomic E-state index is 0.131. The van der Waals surface area contributed by atoms with Gasteiger partial charge in [-0.25, -0.2) is 4.68 Å². The Morgan fingerprint density at radius 1 is 1.29 bits per heavy atom. The van der Waals surface area contributed by atoms with Gasteiger partial charge in [-0.15, -0.1) is 0 Å². The fraction of sp³-hybridized carbons (Fsp3) is 0.474. The summed E-state index contributed by atoms with van der Waals surface area (Å²) >= 11 is 0. The first kappa shape index (κ1) is 16.7. The molecule has 1 atom stereocenters. The molecule has 1 aliphatic rings. The number of aryl methyl sites for hydroxylation is 1. The SMILES string of the molecule is Cc1nn(-c2ccccc2)c(C)c1CCC(=O)N1CCO[C@@H](C)C1. The Bertz CT molecular complexity index is 709. The summed E-state index contributed by atoms with van der Waals surface area (Å²) in [4.78, 5) is 14.4. The molecule has 0 N–H and O–H groups in total. The summed E-state index contributed by atoms with van der Waals surface area (Å²) in [6, 6.07) is 10.1. The Morgan fingerprint density at radius 2 is 2.04 bits per heavy atom. The lowest BCUT2D eigenvalue weighted by Crippen LogP contribution is -2.44. The Balaban J connectivity index is 1.69. The maximum absolute atomic E-state index is 12.5. The molecule has 1 aromatic heterocycles. The molecule has 0 radical (unpaired) electrons. The van der Waals surface area contributed by atoms with Gasteiger partial charge in [-0.2, -0.15) is 5.10 Å². The zero-order valence-corrected chi connectivity index (χ0v) is 14.7. The summed E-state index contributed by atoms with van der Waals surface area (Å²) in [7, 11) is 0. The lowest BCUT2D eigenvalue weighted by atomic mass is 10.1. The second kappa shape index (κ2) is 7.18. The van der Waals surface area contributed by atoms with Crippen LogP contribution in [0.5, 0.6) is 0 Å². The van der Waals surface area contributed by atoms with E-state index in [1.165, 1.54) is 5.56 Å². The number of para-hydroxylation sites is 1. The van der Waals surface area contributed by atoms with Crippen molar-refractivity contribution in [2.24, 2.45) is 0 Å². The number of hydrogen-bond acceptors (Lipinski definition) is 3. The molecule has 3 rings (SSSR count). The average Bonchev–Trinajstić information content (AvgIpc) is 2.88. The predicted molar refractivity (Wildman–Crippen MR) is 93.4 cm³/mol. The van der Waals surface area contributed by atoms with Crippen LogP contribution >= 0.6 is 0 Å². The third-order valence-electron chi connectivity index (χ3n) is 4.62. The molecule has 24 heavy (non-hydrogen) atoms. The molecule has 0 spiro atoms. The third kappa shape index (κ3) is 3.51. The lowest BCUT2D eigenvalue weighted by molar-refractivity contribution is -0.138. The topological polar surface area (TPSA) is 47.4 Å². The Kier molecular flexibility index (Phi) is 5.00. The molecule has 128 valence electrons. The van der Waals surface area contributed by atoms with Crippen LogP contribution in [-0.4, -0.2) is 46.4 Å². The number of rotatable bonds is 4. The van der Waals surface area contributed by atoms with Crippen molar-refractivity contribution in [2.45, 2.75) is 39.7 Å². The molecular weight excluding hydrogens is 302 g/mol. The van der Waals surface area contributed by atoms with Crippen molar-refractivity contribution in [3.63, 3.8) is 0 Å². The molecule has 1 aromatic carbocycles. The Morgan fingerprint density at radius 3 is 2.75 bits per heavy atom. The van der Waals surface area contributed by atoms with Crippen molar-refractivity contribution < 1.29 is 9.53 Å². The molecule has 0 aliphatic carbocycles. The van der Waals surface area contributed by atoms with Crippen LogP contribution in [0.4, 0.5) is 0 Å². The standard InChI is InChI=1S/C19H25N3O2/c1-14-13-21(11-12-24-14)19(23)10-9-18-15(2)20-22(16(18)3)17-7-5-4-6-8-17/h4-8,14H,9-13H2,1-3H3/t14-/m0/s1. The lowest BCUT2D eigenvalue weighted by Gasteiger charge is -2.31. The second-order valence-corrected chi connectivity index (χ2v) is 6.42. The van der Waals surface area contributed by atoms with Crippen LogP contribution in [0.25, 0.3) is 5.69 Å². The number of amides is 1. The van der Waals surface area contributed by atoms with E-state index < -0.39 is 0 Å². The first-order valence-corrected chi connectivity index (χ1v) is 8.56. The Hall–Kier alpha value is -2.14. The van der Waals surface area contributed by atoms with Gasteiger partial charge in [-0.05, 0) is 44.9 Å². The van der Waals surface area contributed by atoms with E-state index in [9.17, 15) is 4.79 Å². The van der Waals surface area contributed by atoms with Crippen LogP contribution in [0.15, 0.2) is 30.3 Å². The van der Waals surface area contributed by atoms with Gasteiger partial charge in [-0.1, -0.05) is 18.2 Å². The van der Waals surface area contributed by atoms with E-state index in [2.05, 4.69) is 12.0 Å². The maximum atomic E-state index is 12.5. The van der Waals surface area contributed by atoms with E-state index in [1.54, 1.807) is 0 Å². The van der Waals surface area contributed by atoms with Gasteiger partial charge >= 0.3 is 0 Å². The van der Waals surface area contributed by atoms with Crippen LogP contribution in [0, 0.1) is 13.8 Å². The molecule has 0 saturated carbocycles. The van der Waals surface area contributed by atoms with Gasteiger partial charge in [0, 0.05) is 25.2 Å². The van der Waals surface area contributed by atoms with E-state index in [0.29, 0.717) is 26.1 Å². The van der Waals surface area contributed by atoms with E-state index in [1.807, 2.05) is 53.8 Å². The summed E-state index contributed by atoms with van der Waals surface area (Å²) in [5.41, 5.74) is 4.34. The second-order valence-electron chi connectivity index (χ2n) is 6.42. The van der Waals surface area contributed by atoms with Crippen molar-refractivity contribution in [3.05, 3.63) is 47.3 Å². The van der Waals surface area contributed by atoms with Crippen LogP contribution in [-0.2, 0) is 16.0 Å². The number of morpholine rings is 1. The average molecular weight is 327 g/mol. The number of carbonyl (C=O) groups excluding carboxylic acids is 1. The number of carbonyl (C=O) groups is 1. The highest BCUT2D eigenvalue weighted by atomic mass is 16.5. The van der Waals surface area contributed by atoms with Crippen molar-refractivity contribution in [1.29, 1.82) is 0 Å².